The molecule has 0 aromatic heterocycles. The van der Waals surface area contributed by atoms with Gasteiger partial charge in [-0.2, -0.15) is 0 Å². The van der Waals surface area contributed by atoms with E-state index < -0.39 is 0 Å². The van der Waals surface area contributed by atoms with Gasteiger partial charge in [-0.1, -0.05) is 27.2 Å². The van der Waals surface area contributed by atoms with Gasteiger partial charge in [0.1, 0.15) is 0 Å². The van der Waals surface area contributed by atoms with Crippen LogP contribution in [0.1, 0.15) is 40.0 Å². The fraction of sp³-hybridized carbons (Fsp3) is 1.00. The van der Waals surface area contributed by atoms with Gasteiger partial charge in [0, 0.05) is 0 Å². The van der Waals surface area contributed by atoms with E-state index in [1.165, 1.54) is 32.4 Å². The summed E-state index contributed by atoms with van der Waals surface area (Å²) in [5.74, 6) is 3.00. The molecule has 0 aliphatic heterocycles. The third kappa shape index (κ3) is 2.78. The highest BCUT2D eigenvalue weighted by Crippen LogP contribution is 2.44. The van der Waals surface area contributed by atoms with Gasteiger partial charge in [0.05, 0.1) is 0 Å². The summed E-state index contributed by atoms with van der Waals surface area (Å²) in [5, 5.41) is 3.51. The first-order valence-electron chi connectivity index (χ1n) is 5.50. The van der Waals surface area contributed by atoms with Gasteiger partial charge in [-0.05, 0) is 43.7 Å². The fourth-order valence-electron chi connectivity index (χ4n) is 1.97. The Morgan fingerprint density at radius 1 is 1.42 bits per heavy atom. The fourth-order valence-corrected chi connectivity index (χ4v) is 1.97. The average molecular weight is 169 g/mol. The second-order valence-electron chi connectivity index (χ2n) is 4.25. The smallest absolute Gasteiger partial charge is 0.00177 e. The Bertz CT molecular complexity index is 122. The minimum absolute atomic E-state index is 0.957. The number of nitrogens with one attached hydrogen (secondary N) is 1. The maximum absolute atomic E-state index is 3.51. The first-order valence-corrected chi connectivity index (χ1v) is 5.50. The lowest BCUT2D eigenvalue weighted by Gasteiger charge is -2.07. The van der Waals surface area contributed by atoms with Crippen LogP contribution in [-0.2, 0) is 0 Å². The molecule has 0 aromatic carbocycles. The number of rotatable bonds is 6. The van der Waals surface area contributed by atoms with E-state index >= 15 is 0 Å². The maximum atomic E-state index is 3.51. The molecule has 1 nitrogen and oxygen atoms in total. The summed E-state index contributed by atoms with van der Waals surface area (Å²) in [6.45, 7) is 9.39. The highest BCUT2D eigenvalue weighted by atomic mass is 14.9. The van der Waals surface area contributed by atoms with Gasteiger partial charge in [0.15, 0.2) is 0 Å². The van der Waals surface area contributed by atoms with Gasteiger partial charge in [-0.15, -0.1) is 0 Å². The number of hydrogen-bond donors (Lipinski definition) is 1. The third-order valence-electron chi connectivity index (χ3n) is 3.19. The molecule has 3 unspecified atom stereocenters. The largest absolute Gasteiger partial charge is 0.316 e. The molecule has 1 aliphatic rings. The summed E-state index contributed by atoms with van der Waals surface area (Å²) in [7, 11) is 0. The highest BCUT2D eigenvalue weighted by Gasteiger charge is 2.39. The summed E-state index contributed by atoms with van der Waals surface area (Å²) in [4.78, 5) is 0. The van der Waals surface area contributed by atoms with Crippen molar-refractivity contribution in [1.29, 1.82) is 0 Å². The van der Waals surface area contributed by atoms with Crippen molar-refractivity contribution in [2.24, 2.45) is 17.8 Å². The molecule has 12 heavy (non-hydrogen) atoms. The second kappa shape index (κ2) is 4.86. The predicted molar refractivity (Wildman–Crippen MR) is 54.2 cm³/mol. The molecule has 1 saturated carbocycles. The lowest BCUT2D eigenvalue weighted by molar-refractivity contribution is 0.450. The van der Waals surface area contributed by atoms with Crippen LogP contribution in [0, 0.1) is 17.8 Å². The van der Waals surface area contributed by atoms with Gasteiger partial charge < -0.3 is 5.32 Å². The monoisotopic (exact) mass is 169 g/mol. The molecule has 0 aromatic rings. The van der Waals surface area contributed by atoms with Crippen LogP contribution in [-0.4, -0.2) is 13.1 Å². The Kier molecular flexibility index (Phi) is 4.07. The first-order chi connectivity index (χ1) is 5.79. The summed E-state index contributed by atoms with van der Waals surface area (Å²) < 4.78 is 0. The molecule has 1 N–H and O–H groups in total. The Morgan fingerprint density at radius 2 is 2.17 bits per heavy atom. The van der Waals surface area contributed by atoms with Gasteiger partial charge in [-0.25, -0.2) is 0 Å². The molecule has 1 heteroatoms. The molecule has 0 bridgehead atoms. The molecular weight excluding hydrogens is 146 g/mol. The SMILES string of the molecule is CCCNCC1CC1C(C)CC. The molecule has 1 fully saturated rings. The van der Waals surface area contributed by atoms with Crippen LogP contribution < -0.4 is 5.32 Å². The second-order valence-corrected chi connectivity index (χ2v) is 4.25. The zero-order valence-electron chi connectivity index (χ0n) is 8.77. The van der Waals surface area contributed by atoms with E-state index in [2.05, 4.69) is 26.1 Å². The highest BCUT2D eigenvalue weighted by molar-refractivity contribution is 4.90. The van der Waals surface area contributed by atoms with Gasteiger partial charge in [0.2, 0.25) is 0 Å². The van der Waals surface area contributed by atoms with E-state index in [1.54, 1.807) is 0 Å². The normalized spacial score (nSPS) is 30.2. The molecule has 1 rings (SSSR count). The summed E-state index contributed by atoms with van der Waals surface area (Å²) >= 11 is 0. The van der Waals surface area contributed by atoms with Crippen LogP contribution in [0.5, 0.6) is 0 Å². The first kappa shape index (κ1) is 10.0. The molecule has 72 valence electrons. The van der Waals surface area contributed by atoms with E-state index in [4.69, 9.17) is 0 Å². The van der Waals surface area contributed by atoms with E-state index in [0.717, 1.165) is 17.8 Å². The number of hydrogen-bond acceptors (Lipinski definition) is 1. The molecular formula is C11H23N. The minimum Gasteiger partial charge on any atom is -0.316 e. The van der Waals surface area contributed by atoms with Crippen molar-refractivity contribution in [1.82, 2.24) is 5.32 Å². The van der Waals surface area contributed by atoms with Crippen LogP contribution in [0.4, 0.5) is 0 Å². The Morgan fingerprint density at radius 3 is 2.75 bits per heavy atom. The van der Waals surface area contributed by atoms with Crippen molar-refractivity contribution in [2.45, 2.75) is 40.0 Å². The van der Waals surface area contributed by atoms with Crippen LogP contribution in [0.15, 0.2) is 0 Å². The van der Waals surface area contributed by atoms with Crippen molar-refractivity contribution in [2.75, 3.05) is 13.1 Å². The molecule has 0 heterocycles. The molecule has 0 saturated heterocycles. The van der Waals surface area contributed by atoms with Crippen LogP contribution in [0.3, 0.4) is 0 Å². The van der Waals surface area contributed by atoms with Crippen molar-refractivity contribution in [3.63, 3.8) is 0 Å². The lowest BCUT2D eigenvalue weighted by Crippen LogP contribution is -2.18. The molecule has 1 aliphatic carbocycles. The lowest BCUT2D eigenvalue weighted by atomic mass is 10.0. The van der Waals surface area contributed by atoms with E-state index in [-0.39, 0.29) is 0 Å². The zero-order valence-corrected chi connectivity index (χ0v) is 8.77. The average Bonchev–Trinajstić information content (AvgIpc) is 2.83. The van der Waals surface area contributed by atoms with Gasteiger partial charge in [0.25, 0.3) is 0 Å². The standard InChI is InChI=1S/C11H23N/c1-4-6-12-8-10-7-11(10)9(3)5-2/h9-12H,4-8H2,1-3H3. The van der Waals surface area contributed by atoms with Gasteiger partial charge >= 0.3 is 0 Å². The van der Waals surface area contributed by atoms with Crippen molar-refractivity contribution in [3.8, 4) is 0 Å². The molecule has 3 atom stereocenters. The Hall–Kier alpha value is -0.0400. The topological polar surface area (TPSA) is 12.0 Å². The zero-order chi connectivity index (χ0) is 8.97. The summed E-state index contributed by atoms with van der Waals surface area (Å²) in [6.07, 6.45) is 4.10. The third-order valence-corrected chi connectivity index (χ3v) is 3.19. The molecule has 0 radical (unpaired) electrons. The van der Waals surface area contributed by atoms with Crippen molar-refractivity contribution < 1.29 is 0 Å². The predicted octanol–water partition coefficient (Wildman–Crippen LogP) is 2.67. The van der Waals surface area contributed by atoms with Crippen LogP contribution >= 0.6 is 0 Å². The summed E-state index contributed by atoms with van der Waals surface area (Å²) in [5.41, 5.74) is 0. The Labute approximate surface area is 76.9 Å². The maximum Gasteiger partial charge on any atom is -0.00177 e. The Balaban J connectivity index is 2.00. The summed E-state index contributed by atoms with van der Waals surface area (Å²) in [6, 6.07) is 0. The quantitative estimate of drug-likeness (QED) is 0.603. The van der Waals surface area contributed by atoms with E-state index in [0.29, 0.717) is 0 Å². The van der Waals surface area contributed by atoms with Crippen LogP contribution in [0.25, 0.3) is 0 Å². The van der Waals surface area contributed by atoms with Crippen LogP contribution in [0.2, 0.25) is 0 Å². The van der Waals surface area contributed by atoms with Gasteiger partial charge in [-0.3, -0.25) is 0 Å². The van der Waals surface area contributed by atoms with Crippen molar-refractivity contribution >= 4 is 0 Å². The molecule has 0 spiro atoms. The van der Waals surface area contributed by atoms with E-state index in [9.17, 15) is 0 Å². The van der Waals surface area contributed by atoms with Crippen molar-refractivity contribution in [3.05, 3.63) is 0 Å². The minimum atomic E-state index is 0.957. The molecule has 0 amide bonds. The van der Waals surface area contributed by atoms with E-state index in [1.807, 2.05) is 0 Å².